The van der Waals surface area contributed by atoms with Crippen LogP contribution in [-0.4, -0.2) is 47.8 Å². The van der Waals surface area contributed by atoms with Crippen molar-refractivity contribution in [2.24, 2.45) is 0 Å². The lowest BCUT2D eigenvalue weighted by Gasteiger charge is -2.34. The van der Waals surface area contributed by atoms with Crippen LogP contribution in [0.1, 0.15) is 6.42 Å². The molecule has 21 heavy (non-hydrogen) atoms. The van der Waals surface area contributed by atoms with Gasteiger partial charge in [0.2, 0.25) is 0 Å². The number of urea groups is 1. The Hall–Kier alpha value is -1.31. The van der Waals surface area contributed by atoms with Crippen molar-refractivity contribution < 1.29 is 19.4 Å². The molecule has 2 rings (SSSR count). The second-order valence-electron chi connectivity index (χ2n) is 4.55. The molecule has 0 spiro atoms. The molecule has 0 aliphatic carbocycles. The van der Waals surface area contributed by atoms with Crippen molar-refractivity contribution in [1.29, 1.82) is 0 Å². The van der Waals surface area contributed by atoms with Crippen molar-refractivity contribution in [3.8, 4) is 0 Å². The standard InChI is InChI=1S/C13H14BrClN2O4/c14-12-9(15)2-1-3-10(12)16-13(20)17-4-5-21-7-8(17)6-11(18)19/h1-3,8H,4-7H2,(H,16,20)(H,18,19). The monoisotopic (exact) mass is 376 g/mol. The van der Waals surface area contributed by atoms with Crippen LogP contribution in [0.5, 0.6) is 0 Å². The zero-order valence-corrected chi connectivity index (χ0v) is 13.4. The summed E-state index contributed by atoms with van der Waals surface area (Å²) in [6, 6.07) is 4.28. The fraction of sp³-hybridized carbons (Fsp3) is 0.385. The highest BCUT2D eigenvalue weighted by Crippen LogP contribution is 2.30. The maximum absolute atomic E-state index is 12.3. The first-order valence-corrected chi connectivity index (χ1v) is 7.47. The van der Waals surface area contributed by atoms with Gasteiger partial charge in [0, 0.05) is 6.54 Å². The first-order chi connectivity index (χ1) is 9.99. The topological polar surface area (TPSA) is 78.9 Å². The van der Waals surface area contributed by atoms with Crippen molar-refractivity contribution in [2.45, 2.75) is 12.5 Å². The van der Waals surface area contributed by atoms with Gasteiger partial charge in [-0.15, -0.1) is 0 Å². The van der Waals surface area contributed by atoms with Gasteiger partial charge in [-0.1, -0.05) is 17.7 Å². The lowest BCUT2D eigenvalue weighted by molar-refractivity contribution is -0.139. The van der Waals surface area contributed by atoms with Crippen LogP contribution >= 0.6 is 27.5 Å². The predicted octanol–water partition coefficient (Wildman–Crippen LogP) is 2.81. The maximum Gasteiger partial charge on any atom is 0.322 e. The number of rotatable bonds is 3. The van der Waals surface area contributed by atoms with Gasteiger partial charge in [-0.3, -0.25) is 4.79 Å². The summed E-state index contributed by atoms with van der Waals surface area (Å²) in [6.07, 6.45) is -0.149. The maximum atomic E-state index is 12.3. The third-order valence-corrected chi connectivity index (χ3v) is 4.49. The number of carboxylic acid groups (broad SMARTS) is 1. The highest BCUT2D eigenvalue weighted by atomic mass is 79.9. The van der Waals surface area contributed by atoms with E-state index >= 15 is 0 Å². The second kappa shape index (κ2) is 7.11. The Morgan fingerprint density at radius 2 is 2.29 bits per heavy atom. The summed E-state index contributed by atoms with van der Waals surface area (Å²) in [5.74, 6) is -0.966. The SMILES string of the molecule is O=C(O)CC1COCCN1C(=O)Nc1cccc(Cl)c1Br. The molecular weight excluding hydrogens is 364 g/mol. The molecular formula is C13H14BrClN2O4. The van der Waals surface area contributed by atoms with Gasteiger partial charge in [0.25, 0.3) is 0 Å². The quantitative estimate of drug-likeness (QED) is 0.849. The molecule has 1 atom stereocenters. The second-order valence-corrected chi connectivity index (χ2v) is 5.75. The van der Waals surface area contributed by atoms with Crippen LogP contribution in [0.3, 0.4) is 0 Å². The summed E-state index contributed by atoms with van der Waals surface area (Å²) in [4.78, 5) is 24.7. The van der Waals surface area contributed by atoms with Crippen molar-refractivity contribution in [2.75, 3.05) is 25.1 Å². The molecule has 8 heteroatoms. The number of carbonyl (C=O) groups is 2. The molecule has 1 fully saturated rings. The number of anilines is 1. The van der Waals surface area contributed by atoms with Gasteiger partial charge in [-0.2, -0.15) is 0 Å². The minimum absolute atomic E-state index is 0.149. The molecule has 1 aliphatic rings. The first kappa shape index (κ1) is 16.1. The molecule has 1 heterocycles. The number of nitrogens with one attached hydrogen (secondary N) is 1. The number of nitrogens with zero attached hydrogens (tertiary/aromatic N) is 1. The fourth-order valence-corrected chi connectivity index (χ4v) is 2.62. The third kappa shape index (κ3) is 4.09. The number of benzene rings is 1. The molecule has 0 radical (unpaired) electrons. The molecule has 1 aromatic carbocycles. The minimum Gasteiger partial charge on any atom is -0.481 e. The van der Waals surface area contributed by atoms with Crippen molar-refractivity contribution in [1.82, 2.24) is 4.90 Å². The van der Waals surface area contributed by atoms with Gasteiger partial charge < -0.3 is 20.1 Å². The summed E-state index contributed by atoms with van der Waals surface area (Å²) in [6.45, 7) is 0.957. The molecule has 0 bridgehead atoms. The van der Waals surface area contributed by atoms with Crippen LogP contribution in [0, 0.1) is 0 Å². The molecule has 1 aromatic rings. The molecule has 0 saturated carbocycles. The van der Waals surface area contributed by atoms with Gasteiger partial charge in [0.05, 0.1) is 40.9 Å². The van der Waals surface area contributed by atoms with E-state index in [0.29, 0.717) is 28.3 Å². The Morgan fingerprint density at radius 3 is 3.00 bits per heavy atom. The highest BCUT2D eigenvalue weighted by Gasteiger charge is 2.29. The van der Waals surface area contributed by atoms with Gasteiger partial charge in [0.15, 0.2) is 0 Å². The lowest BCUT2D eigenvalue weighted by Crippen LogP contribution is -2.51. The van der Waals surface area contributed by atoms with E-state index in [9.17, 15) is 9.59 Å². The zero-order chi connectivity index (χ0) is 15.4. The normalized spacial score (nSPS) is 18.4. The first-order valence-electron chi connectivity index (χ1n) is 6.30. The van der Waals surface area contributed by atoms with Crippen molar-refractivity contribution in [3.63, 3.8) is 0 Å². The van der Waals surface area contributed by atoms with E-state index in [1.165, 1.54) is 4.90 Å². The number of amides is 2. The molecule has 6 nitrogen and oxygen atoms in total. The molecule has 2 N–H and O–H groups in total. The fourth-order valence-electron chi connectivity index (χ4n) is 2.08. The molecule has 1 aliphatic heterocycles. The zero-order valence-electron chi connectivity index (χ0n) is 11.0. The Morgan fingerprint density at radius 1 is 1.52 bits per heavy atom. The molecule has 1 unspecified atom stereocenters. The van der Waals surface area contributed by atoms with Crippen molar-refractivity contribution in [3.05, 3.63) is 27.7 Å². The summed E-state index contributed by atoms with van der Waals surface area (Å²) in [5, 5.41) is 12.1. The molecule has 1 saturated heterocycles. The number of ether oxygens (including phenoxy) is 1. The van der Waals surface area contributed by atoms with Gasteiger partial charge in [-0.25, -0.2) is 4.79 Å². The van der Waals surface area contributed by atoms with E-state index in [0.717, 1.165) is 0 Å². The van der Waals surface area contributed by atoms with E-state index < -0.39 is 12.0 Å². The van der Waals surface area contributed by atoms with Crippen LogP contribution in [0.2, 0.25) is 5.02 Å². The average Bonchev–Trinajstić information content (AvgIpc) is 2.44. The third-order valence-electron chi connectivity index (χ3n) is 3.09. The van der Waals surface area contributed by atoms with E-state index in [-0.39, 0.29) is 19.1 Å². The summed E-state index contributed by atoms with van der Waals surface area (Å²) in [7, 11) is 0. The summed E-state index contributed by atoms with van der Waals surface area (Å²) in [5.41, 5.74) is 0.535. The summed E-state index contributed by atoms with van der Waals surface area (Å²) >= 11 is 9.28. The molecule has 0 aromatic heterocycles. The van der Waals surface area contributed by atoms with Crippen molar-refractivity contribution >= 4 is 45.2 Å². The van der Waals surface area contributed by atoms with Crippen LogP contribution < -0.4 is 5.32 Å². The average molecular weight is 378 g/mol. The number of carboxylic acids is 1. The van der Waals surface area contributed by atoms with Crippen LogP contribution in [0.15, 0.2) is 22.7 Å². The van der Waals surface area contributed by atoms with E-state index in [1.807, 2.05) is 0 Å². The van der Waals surface area contributed by atoms with Crippen LogP contribution in [0.25, 0.3) is 0 Å². The number of carbonyl (C=O) groups excluding carboxylic acids is 1. The Labute approximate surface area is 135 Å². The number of hydrogen-bond acceptors (Lipinski definition) is 3. The Bertz CT molecular complexity index is 555. The largest absolute Gasteiger partial charge is 0.481 e. The molecule has 114 valence electrons. The Kier molecular flexibility index (Phi) is 5.44. The number of hydrogen-bond donors (Lipinski definition) is 2. The van der Waals surface area contributed by atoms with Gasteiger partial charge >= 0.3 is 12.0 Å². The van der Waals surface area contributed by atoms with Gasteiger partial charge in [-0.05, 0) is 28.1 Å². The summed E-state index contributed by atoms with van der Waals surface area (Å²) < 4.78 is 5.83. The van der Waals surface area contributed by atoms with E-state index in [2.05, 4.69) is 21.2 Å². The highest BCUT2D eigenvalue weighted by molar-refractivity contribution is 9.10. The number of halogens is 2. The lowest BCUT2D eigenvalue weighted by atomic mass is 10.1. The van der Waals surface area contributed by atoms with E-state index in [4.69, 9.17) is 21.4 Å². The number of aliphatic carboxylic acids is 1. The van der Waals surface area contributed by atoms with Gasteiger partial charge in [0.1, 0.15) is 0 Å². The Balaban J connectivity index is 2.10. The molecule has 2 amide bonds. The predicted molar refractivity (Wildman–Crippen MR) is 81.7 cm³/mol. The smallest absolute Gasteiger partial charge is 0.322 e. The minimum atomic E-state index is -0.966. The van der Waals surface area contributed by atoms with Crippen LogP contribution in [0.4, 0.5) is 10.5 Å². The number of morpholine rings is 1. The van der Waals surface area contributed by atoms with E-state index in [1.54, 1.807) is 18.2 Å². The van der Waals surface area contributed by atoms with Crippen LogP contribution in [-0.2, 0) is 9.53 Å².